The molecule has 0 aromatic heterocycles. The molecular weight excluding hydrogens is 278 g/mol. The lowest BCUT2D eigenvalue weighted by Crippen LogP contribution is -2.45. The van der Waals surface area contributed by atoms with Gasteiger partial charge in [0.25, 0.3) is 0 Å². The number of hydrogen-bond donors (Lipinski definition) is 1. The van der Waals surface area contributed by atoms with Crippen LogP contribution in [0.15, 0.2) is 0 Å². The van der Waals surface area contributed by atoms with Crippen molar-refractivity contribution >= 4 is 17.6 Å². The SMILES string of the molecule is CCC1(CC[C@@H](CC=O)N[S+]([O-])C(C)(C)C)OCCO1. The van der Waals surface area contributed by atoms with Gasteiger partial charge in [-0.25, -0.2) is 0 Å². The molecule has 118 valence electrons. The van der Waals surface area contributed by atoms with Crippen molar-refractivity contribution in [2.24, 2.45) is 0 Å². The molecule has 0 aromatic rings. The minimum atomic E-state index is -1.18. The van der Waals surface area contributed by atoms with E-state index < -0.39 is 17.1 Å². The van der Waals surface area contributed by atoms with Crippen LogP contribution < -0.4 is 4.72 Å². The van der Waals surface area contributed by atoms with Crippen molar-refractivity contribution in [2.75, 3.05) is 13.2 Å². The predicted molar refractivity (Wildman–Crippen MR) is 79.7 cm³/mol. The molecule has 1 aliphatic rings. The van der Waals surface area contributed by atoms with Gasteiger partial charge in [-0.05, 0) is 33.6 Å². The molecule has 6 heteroatoms. The topological polar surface area (TPSA) is 70.6 Å². The van der Waals surface area contributed by atoms with Gasteiger partial charge in [0.05, 0.1) is 19.3 Å². The molecule has 0 amide bonds. The van der Waals surface area contributed by atoms with Gasteiger partial charge in [-0.2, -0.15) is 0 Å². The maximum absolute atomic E-state index is 12.1. The Bertz CT molecular complexity index is 300. The van der Waals surface area contributed by atoms with E-state index in [4.69, 9.17) is 9.47 Å². The molecule has 1 heterocycles. The van der Waals surface area contributed by atoms with E-state index in [0.717, 1.165) is 12.7 Å². The van der Waals surface area contributed by atoms with Gasteiger partial charge >= 0.3 is 0 Å². The van der Waals surface area contributed by atoms with Crippen LogP contribution in [0.5, 0.6) is 0 Å². The minimum absolute atomic E-state index is 0.108. The minimum Gasteiger partial charge on any atom is -0.598 e. The van der Waals surface area contributed by atoms with Crippen LogP contribution in [-0.4, -0.2) is 40.6 Å². The molecule has 1 rings (SSSR count). The lowest BCUT2D eigenvalue weighted by Gasteiger charge is -2.30. The van der Waals surface area contributed by atoms with E-state index in [2.05, 4.69) is 4.72 Å². The Balaban J connectivity index is 2.52. The van der Waals surface area contributed by atoms with Crippen LogP contribution in [0, 0.1) is 0 Å². The van der Waals surface area contributed by atoms with E-state index >= 15 is 0 Å². The molecule has 0 saturated carbocycles. The molecule has 0 aromatic carbocycles. The molecule has 0 spiro atoms. The van der Waals surface area contributed by atoms with E-state index in [1.54, 1.807) is 0 Å². The number of ether oxygens (including phenoxy) is 2. The van der Waals surface area contributed by atoms with Crippen molar-refractivity contribution in [3.63, 3.8) is 0 Å². The van der Waals surface area contributed by atoms with E-state index in [1.165, 1.54) is 0 Å². The summed E-state index contributed by atoms with van der Waals surface area (Å²) >= 11 is -1.18. The smallest absolute Gasteiger partial charge is 0.168 e. The molecular formula is C14H27NO4S. The van der Waals surface area contributed by atoms with Crippen molar-refractivity contribution in [3.8, 4) is 0 Å². The van der Waals surface area contributed by atoms with Crippen LogP contribution in [0.25, 0.3) is 0 Å². The third kappa shape index (κ3) is 5.33. The van der Waals surface area contributed by atoms with Crippen molar-refractivity contribution < 1.29 is 18.8 Å². The highest BCUT2D eigenvalue weighted by Gasteiger charge is 2.36. The van der Waals surface area contributed by atoms with Crippen LogP contribution in [0.3, 0.4) is 0 Å². The van der Waals surface area contributed by atoms with Crippen molar-refractivity contribution in [1.29, 1.82) is 0 Å². The zero-order valence-corrected chi connectivity index (χ0v) is 13.8. The summed E-state index contributed by atoms with van der Waals surface area (Å²) in [5, 5.41) is 0. The van der Waals surface area contributed by atoms with Gasteiger partial charge in [-0.3, -0.25) is 0 Å². The highest BCUT2D eigenvalue weighted by molar-refractivity contribution is 7.90. The fraction of sp³-hybridized carbons (Fsp3) is 0.929. The quantitative estimate of drug-likeness (QED) is 0.548. The molecule has 1 aliphatic heterocycles. The molecule has 1 unspecified atom stereocenters. The molecule has 0 radical (unpaired) electrons. The fourth-order valence-corrected chi connectivity index (χ4v) is 2.96. The summed E-state index contributed by atoms with van der Waals surface area (Å²) in [6, 6.07) is -0.108. The summed E-state index contributed by atoms with van der Waals surface area (Å²) in [5.41, 5.74) is 0. The number of carbonyl (C=O) groups is 1. The third-order valence-corrected chi connectivity index (χ3v) is 5.10. The van der Waals surface area contributed by atoms with E-state index in [1.807, 2.05) is 27.7 Å². The molecule has 0 bridgehead atoms. The van der Waals surface area contributed by atoms with Crippen molar-refractivity contribution in [1.82, 2.24) is 4.72 Å². The Morgan fingerprint density at radius 1 is 1.40 bits per heavy atom. The molecule has 1 N–H and O–H groups in total. The second kappa shape index (κ2) is 7.75. The first-order valence-corrected chi connectivity index (χ1v) is 8.37. The van der Waals surface area contributed by atoms with Crippen molar-refractivity contribution in [3.05, 3.63) is 0 Å². The summed E-state index contributed by atoms with van der Waals surface area (Å²) in [6.07, 6.45) is 3.40. The Hall–Kier alpha value is -0.140. The zero-order valence-electron chi connectivity index (χ0n) is 12.9. The Morgan fingerprint density at radius 3 is 2.45 bits per heavy atom. The Morgan fingerprint density at radius 2 is 2.00 bits per heavy atom. The highest BCUT2D eigenvalue weighted by atomic mass is 32.2. The number of carbonyl (C=O) groups excluding carboxylic acids is 1. The average Bonchev–Trinajstić information content (AvgIpc) is 2.84. The summed E-state index contributed by atoms with van der Waals surface area (Å²) in [6.45, 7) is 8.99. The number of nitrogens with one attached hydrogen (secondary N) is 1. The van der Waals surface area contributed by atoms with Gasteiger partial charge in [0.1, 0.15) is 11.0 Å². The molecule has 5 nitrogen and oxygen atoms in total. The first kappa shape index (κ1) is 17.9. The molecule has 0 aliphatic carbocycles. The second-order valence-electron chi connectivity index (χ2n) is 6.10. The summed E-state index contributed by atoms with van der Waals surface area (Å²) in [4.78, 5) is 10.8. The number of rotatable bonds is 8. The normalized spacial score (nSPS) is 21.6. The number of hydrogen-bond acceptors (Lipinski definition) is 5. The molecule has 1 saturated heterocycles. The lowest BCUT2D eigenvalue weighted by molar-refractivity contribution is -0.165. The van der Waals surface area contributed by atoms with Crippen molar-refractivity contribution in [2.45, 2.75) is 70.0 Å². The van der Waals surface area contributed by atoms with E-state index in [0.29, 0.717) is 32.5 Å². The maximum atomic E-state index is 12.1. The van der Waals surface area contributed by atoms with Gasteiger partial charge in [-0.1, -0.05) is 6.92 Å². The lowest BCUT2D eigenvalue weighted by atomic mass is 10.0. The predicted octanol–water partition coefficient (Wildman–Crippen LogP) is 1.93. The van der Waals surface area contributed by atoms with Crippen LogP contribution in [-0.2, 0) is 25.6 Å². The number of aldehydes is 1. The second-order valence-corrected chi connectivity index (χ2v) is 8.10. The summed E-state index contributed by atoms with van der Waals surface area (Å²) in [5.74, 6) is -0.522. The third-order valence-electron chi connectivity index (χ3n) is 3.44. The Kier molecular flexibility index (Phi) is 6.94. The van der Waals surface area contributed by atoms with Gasteiger partial charge < -0.3 is 18.8 Å². The standard InChI is InChI=1S/C14H27NO4S/c1-5-14(18-10-11-19-14)8-6-12(7-9-16)15-20(17)13(2,3)4/h9,12,15H,5-8,10-11H2,1-4H3/t12-,20?/m0/s1. The van der Waals surface area contributed by atoms with Crippen LogP contribution in [0.1, 0.15) is 53.4 Å². The van der Waals surface area contributed by atoms with Crippen LogP contribution in [0.4, 0.5) is 0 Å². The van der Waals surface area contributed by atoms with Crippen LogP contribution in [0.2, 0.25) is 0 Å². The monoisotopic (exact) mass is 305 g/mol. The molecule has 1 fully saturated rings. The van der Waals surface area contributed by atoms with Gasteiger partial charge in [0.2, 0.25) is 0 Å². The Labute approximate surface area is 125 Å². The fourth-order valence-electron chi connectivity index (χ4n) is 2.09. The highest BCUT2D eigenvalue weighted by Crippen LogP contribution is 2.29. The summed E-state index contributed by atoms with van der Waals surface area (Å²) < 4.78 is 26.2. The van der Waals surface area contributed by atoms with Crippen LogP contribution >= 0.6 is 0 Å². The summed E-state index contributed by atoms with van der Waals surface area (Å²) in [7, 11) is 0. The van der Waals surface area contributed by atoms with E-state index in [9.17, 15) is 9.35 Å². The van der Waals surface area contributed by atoms with Gasteiger partial charge in [-0.15, -0.1) is 4.72 Å². The maximum Gasteiger partial charge on any atom is 0.168 e. The van der Waals surface area contributed by atoms with Gasteiger partial charge in [0.15, 0.2) is 5.79 Å². The first-order valence-electron chi connectivity index (χ1n) is 7.22. The zero-order chi connectivity index (χ0) is 15.2. The van der Waals surface area contributed by atoms with E-state index in [-0.39, 0.29) is 10.8 Å². The first-order chi connectivity index (χ1) is 9.33. The molecule has 20 heavy (non-hydrogen) atoms. The molecule has 2 atom stereocenters. The average molecular weight is 305 g/mol. The largest absolute Gasteiger partial charge is 0.598 e. The van der Waals surface area contributed by atoms with Gasteiger partial charge in [0, 0.05) is 24.2 Å².